The first-order valence-electron chi connectivity index (χ1n) is 10.7. The zero-order valence-electron chi connectivity index (χ0n) is 16.6. The molecule has 0 radical (unpaired) electrons. The molecule has 1 atom stereocenters. The molecule has 2 saturated carbocycles. The molecule has 25 heavy (non-hydrogen) atoms. The van der Waals surface area contributed by atoms with Crippen LogP contribution in [-0.4, -0.2) is 30.0 Å². The van der Waals surface area contributed by atoms with Gasteiger partial charge in [0, 0.05) is 25.7 Å². The number of nitrogens with zero attached hydrogens (tertiary/aromatic N) is 3. The van der Waals surface area contributed by atoms with Crippen LogP contribution in [0.5, 0.6) is 0 Å². The third kappa shape index (κ3) is 7.33. The second kappa shape index (κ2) is 11.5. The Balaban J connectivity index is 1.93. The summed E-state index contributed by atoms with van der Waals surface area (Å²) in [5.74, 6) is 2.87. The van der Waals surface area contributed by atoms with Crippen LogP contribution in [0.4, 0.5) is 0 Å². The molecule has 2 rings (SSSR count). The van der Waals surface area contributed by atoms with E-state index in [-0.39, 0.29) is 0 Å². The number of rotatable bonds is 11. The fraction of sp³-hybridized carbons (Fsp3) is 0.818. The summed E-state index contributed by atoms with van der Waals surface area (Å²) in [5.41, 5.74) is 0. The van der Waals surface area contributed by atoms with Crippen LogP contribution in [0.25, 0.3) is 0 Å². The maximum Gasteiger partial charge on any atom is 0.127 e. The predicted octanol–water partition coefficient (Wildman–Crippen LogP) is 6.21. The van der Waals surface area contributed by atoms with Gasteiger partial charge in [-0.05, 0) is 50.9 Å². The van der Waals surface area contributed by atoms with Gasteiger partial charge in [0.1, 0.15) is 5.84 Å². The van der Waals surface area contributed by atoms with Gasteiger partial charge in [0.25, 0.3) is 0 Å². The molecule has 0 aromatic carbocycles. The van der Waals surface area contributed by atoms with Gasteiger partial charge >= 0.3 is 0 Å². The maximum absolute atomic E-state index is 4.50. The Morgan fingerprint density at radius 2 is 1.96 bits per heavy atom. The molecule has 0 bridgehead atoms. The van der Waals surface area contributed by atoms with Crippen molar-refractivity contribution in [3.05, 3.63) is 12.2 Å². The molecule has 2 aliphatic rings. The van der Waals surface area contributed by atoms with E-state index in [1.54, 1.807) is 0 Å². The van der Waals surface area contributed by atoms with Crippen molar-refractivity contribution in [2.45, 2.75) is 96.9 Å². The first kappa shape index (κ1) is 20.2. The molecule has 142 valence electrons. The zero-order chi connectivity index (χ0) is 17.9. The van der Waals surface area contributed by atoms with Gasteiger partial charge in [0.15, 0.2) is 0 Å². The standard InChI is InChI=1S/C22H39N3/c1-4-6-8-11-19(5-2)18-25(21-15-16-21)22(24-23-3)17-14-20-12-9-7-10-13-20/h4,6,19-21H,3,5,7-18H2,1-2H3/b6-4-,24-22-. The smallest absolute Gasteiger partial charge is 0.127 e. The van der Waals surface area contributed by atoms with Crippen LogP contribution in [0, 0.1) is 11.8 Å². The Hall–Kier alpha value is -1.12. The minimum atomic E-state index is 0.711. The van der Waals surface area contributed by atoms with E-state index in [2.05, 4.69) is 47.8 Å². The van der Waals surface area contributed by atoms with E-state index in [0.29, 0.717) is 6.04 Å². The zero-order valence-corrected chi connectivity index (χ0v) is 16.6. The van der Waals surface area contributed by atoms with E-state index in [0.717, 1.165) is 24.8 Å². The lowest BCUT2D eigenvalue weighted by molar-refractivity contribution is 0.297. The van der Waals surface area contributed by atoms with E-state index < -0.39 is 0 Å². The van der Waals surface area contributed by atoms with E-state index in [4.69, 9.17) is 0 Å². The molecule has 0 aliphatic heterocycles. The quantitative estimate of drug-likeness (QED) is 0.189. The maximum atomic E-state index is 4.50. The molecule has 0 saturated heterocycles. The highest BCUT2D eigenvalue weighted by atomic mass is 15.3. The van der Waals surface area contributed by atoms with Gasteiger partial charge in [-0.15, -0.1) is 5.10 Å². The second-order valence-electron chi connectivity index (χ2n) is 8.00. The average molecular weight is 346 g/mol. The third-order valence-electron chi connectivity index (χ3n) is 6.02. The largest absolute Gasteiger partial charge is 0.355 e. The topological polar surface area (TPSA) is 28.0 Å². The highest BCUT2D eigenvalue weighted by Crippen LogP contribution is 2.32. The molecule has 2 aliphatic carbocycles. The molecule has 0 N–H and O–H groups in total. The van der Waals surface area contributed by atoms with Crippen molar-refractivity contribution in [3.63, 3.8) is 0 Å². The number of hydrogen-bond acceptors (Lipinski definition) is 2. The third-order valence-corrected chi connectivity index (χ3v) is 6.02. The van der Waals surface area contributed by atoms with Crippen molar-refractivity contribution in [1.82, 2.24) is 4.90 Å². The van der Waals surface area contributed by atoms with Gasteiger partial charge in [0.2, 0.25) is 0 Å². The summed E-state index contributed by atoms with van der Waals surface area (Å²) in [6, 6.07) is 0.711. The lowest BCUT2D eigenvalue weighted by atomic mass is 9.86. The van der Waals surface area contributed by atoms with Crippen molar-refractivity contribution >= 4 is 12.6 Å². The summed E-state index contributed by atoms with van der Waals surface area (Å²) in [6.07, 6.45) is 20.3. The first-order valence-corrected chi connectivity index (χ1v) is 10.7. The summed E-state index contributed by atoms with van der Waals surface area (Å²) < 4.78 is 0. The first-order chi connectivity index (χ1) is 12.3. The van der Waals surface area contributed by atoms with Gasteiger partial charge < -0.3 is 4.90 Å². The summed E-state index contributed by atoms with van der Waals surface area (Å²) in [7, 11) is 0. The second-order valence-corrected chi connectivity index (χ2v) is 8.00. The molecule has 3 nitrogen and oxygen atoms in total. The summed E-state index contributed by atoms with van der Waals surface area (Å²) in [5, 5.41) is 8.42. The molecule has 0 spiro atoms. The highest BCUT2D eigenvalue weighted by molar-refractivity contribution is 5.83. The van der Waals surface area contributed by atoms with Crippen LogP contribution in [0.2, 0.25) is 0 Å². The predicted molar refractivity (Wildman–Crippen MR) is 110 cm³/mol. The lowest BCUT2D eigenvalue weighted by Crippen LogP contribution is -2.37. The number of amidine groups is 1. The summed E-state index contributed by atoms with van der Waals surface area (Å²) in [4.78, 5) is 2.60. The molecular weight excluding hydrogens is 306 g/mol. The van der Waals surface area contributed by atoms with E-state index in [1.165, 1.54) is 76.5 Å². The van der Waals surface area contributed by atoms with Crippen LogP contribution in [0.15, 0.2) is 22.4 Å². The molecule has 1 unspecified atom stereocenters. The SMILES string of the molecule is C=N/N=C(/CCC1CCCCC1)N(CC(CC)CC/C=C\C)C1CC1. The van der Waals surface area contributed by atoms with Gasteiger partial charge in [0.05, 0.1) is 0 Å². The summed E-state index contributed by atoms with van der Waals surface area (Å²) >= 11 is 0. The molecule has 0 aromatic rings. The molecule has 0 aromatic heterocycles. The van der Waals surface area contributed by atoms with Gasteiger partial charge in [-0.1, -0.05) is 57.6 Å². The van der Waals surface area contributed by atoms with E-state index in [9.17, 15) is 0 Å². The Bertz CT molecular complexity index is 431. The average Bonchev–Trinajstić information content (AvgIpc) is 3.48. The minimum absolute atomic E-state index is 0.711. The summed E-state index contributed by atoms with van der Waals surface area (Å²) in [6.45, 7) is 9.24. The minimum Gasteiger partial charge on any atom is -0.355 e. The highest BCUT2D eigenvalue weighted by Gasteiger charge is 2.32. The van der Waals surface area contributed by atoms with Crippen LogP contribution in [0.3, 0.4) is 0 Å². The van der Waals surface area contributed by atoms with Crippen molar-refractivity contribution < 1.29 is 0 Å². The fourth-order valence-electron chi connectivity index (χ4n) is 4.19. The molecule has 0 amide bonds. The van der Waals surface area contributed by atoms with Crippen molar-refractivity contribution in [1.29, 1.82) is 0 Å². The Labute approximate surface area is 155 Å². The van der Waals surface area contributed by atoms with Crippen molar-refractivity contribution in [2.75, 3.05) is 6.54 Å². The van der Waals surface area contributed by atoms with Gasteiger partial charge in [-0.25, -0.2) is 0 Å². The van der Waals surface area contributed by atoms with Crippen LogP contribution in [-0.2, 0) is 0 Å². The van der Waals surface area contributed by atoms with E-state index in [1.807, 2.05) is 0 Å². The normalized spacial score (nSPS) is 20.8. The molecule has 3 heteroatoms. The number of allylic oxidation sites excluding steroid dienone is 2. The van der Waals surface area contributed by atoms with Crippen LogP contribution in [0.1, 0.15) is 90.9 Å². The molecular formula is C22H39N3. The lowest BCUT2D eigenvalue weighted by Gasteiger charge is -2.31. The van der Waals surface area contributed by atoms with Crippen molar-refractivity contribution in [3.8, 4) is 0 Å². The van der Waals surface area contributed by atoms with Gasteiger partial charge in [-0.3, -0.25) is 0 Å². The van der Waals surface area contributed by atoms with Crippen molar-refractivity contribution in [2.24, 2.45) is 22.0 Å². The van der Waals surface area contributed by atoms with E-state index >= 15 is 0 Å². The monoisotopic (exact) mass is 345 g/mol. The molecule has 0 heterocycles. The van der Waals surface area contributed by atoms with Crippen LogP contribution < -0.4 is 0 Å². The molecule has 2 fully saturated rings. The fourth-order valence-corrected chi connectivity index (χ4v) is 4.19. The Morgan fingerprint density at radius 1 is 1.20 bits per heavy atom. The van der Waals surface area contributed by atoms with Gasteiger partial charge in [-0.2, -0.15) is 5.10 Å². The Morgan fingerprint density at radius 3 is 2.56 bits per heavy atom. The Kier molecular flexibility index (Phi) is 9.28. The van der Waals surface area contributed by atoms with Crippen LogP contribution >= 0.6 is 0 Å². The number of hydrogen-bond donors (Lipinski definition) is 0.